The molecule has 98 valence electrons. The van der Waals surface area contributed by atoms with Crippen molar-refractivity contribution in [2.24, 2.45) is 0 Å². The second-order valence-electron chi connectivity index (χ2n) is 5.16. The Bertz CT molecular complexity index is 394. The van der Waals surface area contributed by atoms with Crippen LogP contribution in [-0.4, -0.2) is 12.6 Å². The number of hydrogen-bond acceptors (Lipinski definition) is 2. The average molecular weight is 245 g/mol. The summed E-state index contributed by atoms with van der Waals surface area (Å²) in [6.07, 6.45) is 9.45. The number of hydrogen-bond donors (Lipinski definition) is 1. The van der Waals surface area contributed by atoms with Gasteiger partial charge in [-0.25, -0.2) is 0 Å². The number of ether oxygens (including phenoxy) is 1. The Labute approximate surface area is 110 Å². The van der Waals surface area contributed by atoms with E-state index in [0.29, 0.717) is 0 Å². The van der Waals surface area contributed by atoms with Crippen molar-refractivity contribution < 1.29 is 4.74 Å². The molecule has 0 atom stereocenters. The normalized spacial score (nSPS) is 18.1. The van der Waals surface area contributed by atoms with E-state index >= 15 is 0 Å². The van der Waals surface area contributed by atoms with Gasteiger partial charge in [-0.1, -0.05) is 37.5 Å². The lowest BCUT2D eigenvalue weighted by Gasteiger charge is -2.38. The van der Waals surface area contributed by atoms with E-state index in [1.165, 1.54) is 32.1 Å². The van der Waals surface area contributed by atoms with Crippen LogP contribution in [0.2, 0.25) is 0 Å². The molecule has 0 unspecified atom stereocenters. The summed E-state index contributed by atoms with van der Waals surface area (Å²) in [6, 6.07) is 8.16. The maximum atomic E-state index is 5.42. The lowest BCUT2D eigenvalue weighted by molar-refractivity contribution is 0.324. The van der Waals surface area contributed by atoms with Gasteiger partial charge in [-0.05, 0) is 31.4 Å². The molecular formula is C16H23NO. The maximum absolute atomic E-state index is 5.42. The van der Waals surface area contributed by atoms with Crippen molar-refractivity contribution in [2.45, 2.75) is 44.1 Å². The quantitative estimate of drug-likeness (QED) is 0.777. The lowest BCUT2D eigenvalue weighted by Crippen LogP contribution is -2.39. The summed E-state index contributed by atoms with van der Waals surface area (Å²) in [7, 11) is 1.72. The van der Waals surface area contributed by atoms with Crippen LogP contribution in [0.25, 0.3) is 0 Å². The zero-order valence-electron chi connectivity index (χ0n) is 11.2. The second kappa shape index (κ2) is 5.94. The molecule has 2 rings (SSSR count). The first-order valence-corrected chi connectivity index (χ1v) is 6.82. The van der Waals surface area contributed by atoms with Gasteiger partial charge >= 0.3 is 0 Å². The molecule has 0 bridgehead atoms. The number of rotatable bonds is 5. The van der Waals surface area contributed by atoms with Crippen LogP contribution in [0.3, 0.4) is 0 Å². The molecule has 1 fully saturated rings. The summed E-state index contributed by atoms with van der Waals surface area (Å²) in [5.74, 6) is 0.923. The number of nitrogens with one attached hydrogen (secondary N) is 1. The number of methoxy groups -OCH3 is 1. The fourth-order valence-electron chi connectivity index (χ4n) is 2.92. The van der Waals surface area contributed by atoms with Gasteiger partial charge in [0.05, 0.1) is 12.8 Å². The van der Waals surface area contributed by atoms with Crippen LogP contribution < -0.4 is 10.1 Å². The van der Waals surface area contributed by atoms with Gasteiger partial charge in [0.1, 0.15) is 5.75 Å². The topological polar surface area (TPSA) is 21.3 Å². The highest BCUT2D eigenvalue weighted by Crippen LogP contribution is 2.37. The summed E-state index contributed by atoms with van der Waals surface area (Å²) in [5.41, 5.74) is 1.28. The molecule has 2 nitrogen and oxygen atoms in total. The molecule has 0 aromatic heterocycles. The molecule has 1 saturated carbocycles. The molecule has 0 aliphatic heterocycles. The molecule has 0 amide bonds. The third-order valence-corrected chi connectivity index (χ3v) is 3.85. The predicted molar refractivity (Wildman–Crippen MR) is 77.2 cm³/mol. The van der Waals surface area contributed by atoms with Gasteiger partial charge < -0.3 is 10.1 Å². The van der Waals surface area contributed by atoms with Gasteiger partial charge in [0, 0.05) is 5.54 Å². The van der Waals surface area contributed by atoms with Crippen LogP contribution in [0.15, 0.2) is 36.9 Å². The first kappa shape index (κ1) is 13.0. The van der Waals surface area contributed by atoms with E-state index in [1.54, 1.807) is 7.11 Å². The molecule has 0 saturated heterocycles. The second-order valence-corrected chi connectivity index (χ2v) is 5.16. The van der Waals surface area contributed by atoms with Crippen molar-refractivity contribution in [3.05, 3.63) is 36.9 Å². The Balaban J connectivity index is 2.19. The largest absolute Gasteiger partial charge is 0.495 e. The minimum atomic E-state index is 0.175. The van der Waals surface area contributed by atoms with E-state index in [0.717, 1.165) is 17.9 Å². The Morgan fingerprint density at radius 2 is 2.00 bits per heavy atom. The molecule has 0 heterocycles. The van der Waals surface area contributed by atoms with Gasteiger partial charge in [0.2, 0.25) is 0 Å². The Morgan fingerprint density at radius 1 is 1.28 bits per heavy atom. The minimum Gasteiger partial charge on any atom is -0.495 e. The van der Waals surface area contributed by atoms with Crippen molar-refractivity contribution in [3.8, 4) is 5.75 Å². The number of anilines is 1. The molecule has 1 aliphatic carbocycles. The highest BCUT2D eigenvalue weighted by Gasteiger charge is 2.31. The first-order valence-electron chi connectivity index (χ1n) is 6.82. The molecule has 0 radical (unpaired) electrons. The minimum absolute atomic E-state index is 0.175. The summed E-state index contributed by atoms with van der Waals surface area (Å²) in [6.45, 7) is 3.91. The summed E-state index contributed by atoms with van der Waals surface area (Å²) in [4.78, 5) is 0. The van der Waals surface area contributed by atoms with E-state index in [2.05, 4.69) is 24.0 Å². The van der Waals surface area contributed by atoms with Gasteiger partial charge in [-0.2, -0.15) is 0 Å². The molecule has 1 N–H and O–H groups in total. The third kappa shape index (κ3) is 2.87. The van der Waals surface area contributed by atoms with Crippen molar-refractivity contribution in [1.82, 2.24) is 0 Å². The zero-order chi connectivity index (χ0) is 12.8. The van der Waals surface area contributed by atoms with Crippen LogP contribution >= 0.6 is 0 Å². The first-order chi connectivity index (χ1) is 8.79. The average Bonchev–Trinajstić information content (AvgIpc) is 2.40. The van der Waals surface area contributed by atoms with Crippen molar-refractivity contribution in [1.29, 1.82) is 0 Å². The Hall–Kier alpha value is -1.44. The molecule has 1 aromatic rings. The summed E-state index contributed by atoms with van der Waals surface area (Å²) >= 11 is 0. The summed E-state index contributed by atoms with van der Waals surface area (Å²) in [5, 5.41) is 3.72. The van der Waals surface area contributed by atoms with Crippen molar-refractivity contribution >= 4 is 5.69 Å². The maximum Gasteiger partial charge on any atom is 0.141 e. The predicted octanol–water partition coefficient (Wildman–Crippen LogP) is 4.39. The zero-order valence-corrected chi connectivity index (χ0v) is 11.2. The van der Waals surface area contributed by atoms with Gasteiger partial charge in [-0.3, -0.25) is 0 Å². The molecule has 18 heavy (non-hydrogen) atoms. The molecule has 1 aromatic carbocycles. The fraction of sp³-hybridized carbons (Fsp3) is 0.500. The lowest BCUT2D eigenvalue weighted by atomic mass is 9.79. The highest BCUT2D eigenvalue weighted by molar-refractivity contribution is 5.57. The van der Waals surface area contributed by atoms with Crippen LogP contribution in [-0.2, 0) is 0 Å². The van der Waals surface area contributed by atoms with Gasteiger partial charge in [0.25, 0.3) is 0 Å². The van der Waals surface area contributed by atoms with Crippen LogP contribution in [0, 0.1) is 0 Å². The van der Waals surface area contributed by atoms with Crippen LogP contribution in [0.4, 0.5) is 5.69 Å². The standard InChI is InChI=1S/C16H23NO/c1-3-11-16(12-7-4-8-13-16)17-14-9-5-6-10-15(14)18-2/h3,5-6,9-10,17H,1,4,7-8,11-13H2,2H3. The Kier molecular flexibility index (Phi) is 4.29. The monoisotopic (exact) mass is 245 g/mol. The molecular weight excluding hydrogens is 222 g/mol. The van der Waals surface area contributed by atoms with Crippen LogP contribution in [0.1, 0.15) is 38.5 Å². The highest BCUT2D eigenvalue weighted by atomic mass is 16.5. The summed E-state index contributed by atoms with van der Waals surface area (Å²) < 4.78 is 5.42. The van der Waals surface area contributed by atoms with E-state index in [9.17, 15) is 0 Å². The molecule has 1 aliphatic rings. The van der Waals surface area contributed by atoms with Crippen molar-refractivity contribution in [2.75, 3.05) is 12.4 Å². The molecule has 2 heteroatoms. The SMILES string of the molecule is C=CCC1(Nc2ccccc2OC)CCCCC1. The Morgan fingerprint density at radius 3 is 2.67 bits per heavy atom. The number of benzene rings is 1. The van der Waals surface area contributed by atoms with E-state index in [-0.39, 0.29) is 5.54 Å². The van der Waals surface area contributed by atoms with Crippen LogP contribution in [0.5, 0.6) is 5.75 Å². The smallest absolute Gasteiger partial charge is 0.141 e. The third-order valence-electron chi connectivity index (χ3n) is 3.85. The van der Waals surface area contributed by atoms with Gasteiger partial charge in [0.15, 0.2) is 0 Å². The van der Waals surface area contributed by atoms with Crippen molar-refractivity contribution in [3.63, 3.8) is 0 Å². The molecule has 0 spiro atoms. The fourth-order valence-corrected chi connectivity index (χ4v) is 2.92. The number of para-hydroxylation sites is 2. The van der Waals surface area contributed by atoms with E-state index < -0.39 is 0 Å². The van der Waals surface area contributed by atoms with Gasteiger partial charge in [-0.15, -0.1) is 6.58 Å². The van der Waals surface area contributed by atoms with E-state index in [1.807, 2.05) is 18.2 Å². The van der Waals surface area contributed by atoms with E-state index in [4.69, 9.17) is 4.74 Å².